The Bertz CT molecular complexity index is 833. The Hall–Kier alpha value is -2.32. The van der Waals surface area contributed by atoms with Crippen LogP contribution in [0.25, 0.3) is 0 Å². The largest absolute Gasteiger partial charge is 0.486 e. The molecule has 1 fully saturated rings. The van der Waals surface area contributed by atoms with Crippen LogP contribution in [0.15, 0.2) is 24.4 Å². The van der Waals surface area contributed by atoms with Crippen molar-refractivity contribution in [1.82, 2.24) is 15.2 Å². The van der Waals surface area contributed by atoms with Crippen LogP contribution in [0.2, 0.25) is 0 Å². The molecule has 7 nitrogen and oxygen atoms in total. The van der Waals surface area contributed by atoms with Crippen molar-refractivity contribution in [1.29, 1.82) is 0 Å². The number of carbonyl (C=O) groups is 1. The van der Waals surface area contributed by atoms with Gasteiger partial charge in [0.05, 0.1) is 6.20 Å². The van der Waals surface area contributed by atoms with Crippen LogP contribution >= 0.6 is 11.3 Å². The van der Waals surface area contributed by atoms with E-state index in [1.165, 1.54) is 16.9 Å². The average Bonchev–Trinajstić information content (AvgIpc) is 3.24. The quantitative estimate of drug-likeness (QED) is 0.829. The summed E-state index contributed by atoms with van der Waals surface area (Å²) in [5, 5.41) is 3.75. The molecule has 0 aliphatic carbocycles. The smallest absolute Gasteiger partial charge is 0.263 e. The van der Waals surface area contributed by atoms with Gasteiger partial charge in [-0.25, -0.2) is 4.98 Å². The Kier molecular flexibility index (Phi) is 5.68. The van der Waals surface area contributed by atoms with Crippen LogP contribution in [0, 0.1) is 0 Å². The minimum Gasteiger partial charge on any atom is -0.486 e. The maximum absolute atomic E-state index is 12.0. The molecule has 1 amide bonds. The van der Waals surface area contributed by atoms with Gasteiger partial charge in [-0.15, -0.1) is 0 Å². The number of benzene rings is 1. The van der Waals surface area contributed by atoms with E-state index in [1.807, 2.05) is 13.0 Å². The zero-order valence-electron chi connectivity index (χ0n) is 16.3. The van der Waals surface area contributed by atoms with E-state index in [9.17, 15) is 4.79 Å². The maximum Gasteiger partial charge on any atom is 0.263 e. The predicted molar refractivity (Wildman–Crippen MR) is 110 cm³/mol. The third kappa shape index (κ3) is 3.93. The molecule has 1 aromatic carbocycles. The van der Waals surface area contributed by atoms with Crippen LogP contribution in [0.1, 0.15) is 35.1 Å². The highest BCUT2D eigenvalue weighted by Gasteiger charge is 2.25. The number of nitrogens with one attached hydrogen (secondary N) is 1. The number of amides is 1. The summed E-state index contributed by atoms with van der Waals surface area (Å²) in [4.78, 5) is 21.8. The van der Waals surface area contributed by atoms with Crippen molar-refractivity contribution in [3.8, 4) is 11.5 Å². The highest BCUT2D eigenvalue weighted by atomic mass is 32.1. The fourth-order valence-electron chi connectivity index (χ4n) is 3.59. The van der Waals surface area contributed by atoms with Crippen molar-refractivity contribution in [2.75, 3.05) is 50.8 Å². The molecule has 2 aliphatic heterocycles. The Morgan fingerprint density at radius 1 is 1.21 bits per heavy atom. The molecular weight excluding hydrogens is 376 g/mol. The molecule has 0 bridgehead atoms. The standard InChI is InChI=1S/C20H26N4O3S/c1-3-21-19(25)18-13-22-20(28-18)24-8-6-23(7-9-24)14(2)15-4-5-16-17(12-15)27-11-10-26-16/h4-5,12-14H,3,6-11H2,1-2H3,(H,21,25)/t14-/m1/s1. The number of thiazole rings is 1. The molecule has 0 radical (unpaired) electrons. The number of carbonyl (C=O) groups excluding carboxylic acids is 1. The summed E-state index contributed by atoms with van der Waals surface area (Å²) in [7, 11) is 0. The number of rotatable bonds is 5. The number of fused-ring (bicyclic) bond motifs is 1. The molecule has 1 saturated heterocycles. The highest BCUT2D eigenvalue weighted by molar-refractivity contribution is 7.17. The summed E-state index contributed by atoms with van der Waals surface area (Å²) in [6, 6.07) is 6.55. The first-order chi connectivity index (χ1) is 13.7. The van der Waals surface area contributed by atoms with Crippen LogP contribution in [0.3, 0.4) is 0 Å². The third-order valence-corrected chi connectivity index (χ3v) is 6.29. The number of aromatic nitrogens is 1. The van der Waals surface area contributed by atoms with Crippen molar-refractivity contribution in [3.63, 3.8) is 0 Å². The van der Waals surface area contributed by atoms with Crippen LogP contribution < -0.4 is 19.7 Å². The number of nitrogens with zero attached hydrogens (tertiary/aromatic N) is 3. The van der Waals surface area contributed by atoms with Crippen molar-refractivity contribution >= 4 is 22.4 Å². The SMILES string of the molecule is CCNC(=O)c1cnc(N2CCN([C@H](C)c3ccc4c(c3)OCCO4)CC2)s1. The van der Waals surface area contributed by atoms with E-state index in [2.05, 4.69) is 39.2 Å². The molecule has 4 rings (SSSR count). The number of anilines is 1. The van der Waals surface area contributed by atoms with E-state index >= 15 is 0 Å². The molecule has 3 heterocycles. The molecule has 2 aliphatic rings. The van der Waals surface area contributed by atoms with E-state index in [0.29, 0.717) is 30.7 Å². The van der Waals surface area contributed by atoms with Crippen LogP contribution in [0.5, 0.6) is 11.5 Å². The van der Waals surface area contributed by atoms with E-state index in [0.717, 1.165) is 42.8 Å². The summed E-state index contributed by atoms with van der Waals surface area (Å²) < 4.78 is 11.3. The summed E-state index contributed by atoms with van der Waals surface area (Å²) in [6.07, 6.45) is 1.68. The van der Waals surface area contributed by atoms with Gasteiger partial charge < -0.3 is 19.7 Å². The molecule has 0 unspecified atom stereocenters. The van der Waals surface area contributed by atoms with Gasteiger partial charge in [-0.3, -0.25) is 9.69 Å². The van der Waals surface area contributed by atoms with Gasteiger partial charge in [0, 0.05) is 38.8 Å². The molecule has 8 heteroatoms. The minimum absolute atomic E-state index is 0.0443. The summed E-state index contributed by atoms with van der Waals surface area (Å²) >= 11 is 1.46. The molecular formula is C20H26N4O3S. The van der Waals surface area contributed by atoms with Gasteiger partial charge in [-0.05, 0) is 31.5 Å². The van der Waals surface area contributed by atoms with Gasteiger partial charge in [-0.1, -0.05) is 17.4 Å². The molecule has 1 aromatic heterocycles. The lowest BCUT2D eigenvalue weighted by Crippen LogP contribution is -2.47. The average molecular weight is 403 g/mol. The lowest BCUT2D eigenvalue weighted by Gasteiger charge is -2.38. The second kappa shape index (κ2) is 8.36. The third-order valence-electron chi connectivity index (χ3n) is 5.24. The van der Waals surface area contributed by atoms with Crippen molar-refractivity contribution in [3.05, 3.63) is 34.8 Å². The molecule has 28 heavy (non-hydrogen) atoms. The van der Waals surface area contributed by atoms with Gasteiger partial charge in [0.2, 0.25) is 0 Å². The van der Waals surface area contributed by atoms with Crippen molar-refractivity contribution in [2.45, 2.75) is 19.9 Å². The van der Waals surface area contributed by atoms with E-state index in [4.69, 9.17) is 9.47 Å². The Labute approximate surface area is 169 Å². The van der Waals surface area contributed by atoms with Gasteiger partial charge in [0.15, 0.2) is 16.6 Å². The van der Waals surface area contributed by atoms with Crippen LogP contribution in [0.4, 0.5) is 5.13 Å². The Morgan fingerprint density at radius 3 is 2.71 bits per heavy atom. The first kappa shape index (κ1) is 19.0. The normalized spacial score (nSPS) is 18.0. The van der Waals surface area contributed by atoms with Gasteiger partial charge in [-0.2, -0.15) is 0 Å². The second-order valence-corrected chi connectivity index (χ2v) is 7.98. The number of piperazine rings is 1. The summed E-state index contributed by atoms with van der Waals surface area (Å²) in [5.74, 6) is 1.63. The predicted octanol–water partition coefficient (Wildman–Crippen LogP) is 2.55. The summed E-state index contributed by atoms with van der Waals surface area (Å²) in [5.41, 5.74) is 1.24. The van der Waals surface area contributed by atoms with Crippen molar-refractivity contribution in [2.24, 2.45) is 0 Å². The van der Waals surface area contributed by atoms with E-state index in [1.54, 1.807) is 6.20 Å². The van der Waals surface area contributed by atoms with Crippen molar-refractivity contribution < 1.29 is 14.3 Å². The van der Waals surface area contributed by atoms with E-state index < -0.39 is 0 Å². The van der Waals surface area contributed by atoms with Crippen LogP contribution in [-0.2, 0) is 0 Å². The Balaban J connectivity index is 1.37. The zero-order chi connectivity index (χ0) is 19.5. The number of ether oxygens (including phenoxy) is 2. The minimum atomic E-state index is -0.0443. The molecule has 1 N–H and O–H groups in total. The summed E-state index contributed by atoms with van der Waals surface area (Å²) in [6.45, 7) is 9.70. The first-order valence-corrected chi connectivity index (χ1v) is 10.6. The lowest BCUT2D eigenvalue weighted by atomic mass is 10.1. The lowest BCUT2D eigenvalue weighted by molar-refractivity contribution is 0.0959. The zero-order valence-corrected chi connectivity index (χ0v) is 17.1. The fourth-order valence-corrected chi connectivity index (χ4v) is 4.48. The van der Waals surface area contributed by atoms with Gasteiger partial charge in [0.25, 0.3) is 5.91 Å². The number of hydrogen-bond donors (Lipinski definition) is 1. The van der Waals surface area contributed by atoms with Gasteiger partial charge in [0.1, 0.15) is 18.1 Å². The Morgan fingerprint density at radius 2 is 1.96 bits per heavy atom. The van der Waals surface area contributed by atoms with Crippen LogP contribution in [-0.4, -0.2) is 61.7 Å². The highest BCUT2D eigenvalue weighted by Crippen LogP contribution is 2.34. The first-order valence-electron chi connectivity index (χ1n) is 9.78. The maximum atomic E-state index is 12.0. The molecule has 1 atom stereocenters. The number of hydrogen-bond acceptors (Lipinski definition) is 7. The molecule has 0 saturated carbocycles. The second-order valence-electron chi connectivity index (χ2n) is 6.97. The molecule has 0 spiro atoms. The monoisotopic (exact) mass is 402 g/mol. The van der Waals surface area contributed by atoms with Gasteiger partial charge >= 0.3 is 0 Å². The topological polar surface area (TPSA) is 66.9 Å². The van der Waals surface area contributed by atoms with E-state index in [-0.39, 0.29) is 5.91 Å². The molecule has 2 aromatic rings. The molecule has 150 valence electrons. The fraction of sp³-hybridized carbons (Fsp3) is 0.500.